The fourth-order valence-corrected chi connectivity index (χ4v) is 4.59. The molecule has 0 N–H and O–H groups in total. The van der Waals surface area contributed by atoms with Gasteiger partial charge in [-0.3, -0.25) is 0 Å². The maximum atomic E-state index is 12.6. The second kappa shape index (κ2) is 11.1. The van der Waals surface area contributed by atoms with E-state index in [1.807, 2.05) is 0 Å². The second-order valence-corrected chi connectivity index (χ2v) is 10.7. The van der Waals surface area contributed by atoms with Gasteiger partial charge in [-0.05, 0) is 45.4 Å². The van der Waals surface area contributed by atoms with Gasteiger partial charge in [0.15, 0.2) is 21.0 Å². The molecular formula is C21H30F3N3O6S. The highest BCUT2D eigenvalue weighted by Crippen LogP contribution is 2.28. The summed E-state index contributed by atoms with van der Waals surface area (Å²) in [5.41, 5.74) is 0. The largest absolute Gasteiger partial charge is 0.473 e. The summed E-state index contributed by atoms with van der Waals surface area (Å²) in [6, 6.07) is 0. The van der Waals surface area contributed by atoms with E-state index in [1.165, 1.54) is 24.2 Å². The molecular weight excluding hydrogens is 479 g/mol. The lowest BCUT2D eigenvalue weighted by Gasteiger charge is -2.36. The average molecular weight is 510 g/mol. The number of hydrogen-bond donors (Lipinski definition) is 0. The van der Waals surface area contributed by atoms with Crippen molar-refractivity contribution < 1.29 is 40.6 Å². The Balaban J connectivity index is 1.37. The third-order valence-corrected chi connectivity index (χ3v) is 7.64. The van der Waals surface area contributed by atoms with Crippen molar-refractivity contribution in [3.63, 3.8) is 0 Å². The summed E-state index contributed by atoms with van der Waals surface area (Å²) in [4.78, 5) is 21.2. The minimum absolute atomic E-state index is 0.0387. The molecule has 0 radical (unpaired) electrons. The van der Waals surface area contributed by atoms with Crippen molar-refractivity contribution in [1.82, 2.24) is 14.9 Å². The van der Waals surface area contributed by atoms with Crippen LogP contribution in [0.2, 0.25) is 0 Å². The van der Waals surface area contributed by atoms with Gasteiger partial charge in [-0.25, -0.2) is 23.2 Å². The van der Waals surface area contributed by atoms with E-state index in [0.29, 0.717) is 12.8 Å². The first kappa shape index (κ1) is 26.5. The van der Waals surface area contributed by atoms with E-state index in [1.54, 1.807) is 0 Å². The predicted octanol–water partition coefficient (Wildman–Crippen LogP) is 3.53. The molecule has 1 saturated carbocycles. The molecule has 9 nitrogen and oxygen atoms in total. The summed E-state index contributed by atoms with van der Waals surface area (Å²) in [5, 5.41) is -0.0753. The zero-order valence-electron chi connectivity index (χ0n) is 19.2. The number of carbonyl (C=O) groups is 1. The molecule has 13 heteroatoms. The highest BCUT2D eigenvalue weighted by atomic mass is 32.2. The van der Waals surface area contributed by atoms with Gasteiger partial charge in [0.25, 0.3) is 0 Å². The number of halogens is 3. The van der Waals surface area contributed by atoms with Crippen LogP contribution in [0.1, 0.15) is 52.4 Å². The third-order valence-electron chi connectivity index (χ3n) is 6.04. The molecule has 1 amide bonds. The number of ether oxygens (including phenoxy) is 3. The molecule has 2 heterocycles. The summed E-state index contributed by atoms with van der Waals surface area (Å²) in [5.74, 6) is 0.227. The van der Waals surface area contributed by atoms with Gasteiger partial charge in [0.05, 0.1) is 30.4 Å². The minimum atomic E-state index is -4.58. The van der Waals surface area contributed by atoms with Gasteiger partial charge < -0.3 is 19.1 Å². The zero-order chi connectivity index (χ0) is 24.9. The predicted molar refractivity (Wildman–Crippen MR) is 114 cm³/mol. The van der Waals surface area contributed by atoms with Gasteiger partial charge in [0.2, 0.25) is 5.88 Å². The maximum absolute atomic E-state index is 12.6. The summed E-state index contributed by atoms with van der Waals surface area (Å²) < 4.78 is 77.8. The van der Waals surface area contributed by atoms with E-state index in [-0.39, 0.29) is 48.1 Å². The van der Waals surface area contributed by atoms with E-state index >= 15 is 0 Å². The first-order valence-electron chi connectivity index (χ1n) is 11.4. The van der Waals surface area contributed by atoms with Crippen molar-refractivity contribution in [1.29, 1.82) is 0 Å². The van der Waals surface area contributed by atoms with Crippen LogP contribution in [0.5, 0.6) is 5.88 Å². The third kappa shape index (κ3) is 7.17. The first-order valence-corrected chi connectivity index (χ1v) is 13.0. The number of rotatable bonds is 7. The standard InChI is InChI=1S/C21H30F3N3O6S/c1-3-34(29,30)19-13-25-18(12-26-19)33-16-6-4-15(5-7-16)32-17-8-10-27(11-9-17)20(28)31-14(2)21(22,23)24/h12-17H,3-11H2,1-2H3/t14?,15-,16-. The highest BCUT2D eigenvalue weighted by Gasteiger charge is 2.40. The molecule has 2 fully saturated rings. The summed E-state index contributed by atoms with van der Waals surface area (Å²) >= 11 is 0. The molecule has 3 rings (SSSR count). The maximum Gasteiger partial charge on any atom is 0.425 e. The van der Waals surface area contributed by atoms with Crippen LogP contribution in [0.25, 0.3) is 0 Å². The van der Waals surface area contributed by atoms with Crippen molar-refractivity contribution in [3.8, 4) is 5.88 Å². The van der Waals surface area contributed by atoms with Crippen LogP contribution < -0.4 is 4.74 Å². The quantitative estimate of drug-likeness (QED) is 0.549. The molecule has 1 aliphatic heterocycles. The van der Waals surface area contributed by atoms with E-state index in [2.05, 4.69) is 14.7 Å². The number of alkyl halides is 3. The van der Waals surface area contributed by atoms with Crippen LogP contribution in [0, 0.1) is 0 Å². The normalized spacial score (nSPS) is 23.4. The molecule has 1 atom stereocenters. The molecule has 0 bridgehead atoms. The van der Waals surface area contributed by atoms with Gasteiger partial charge in [-0.1, -0.05) is 6.92 Å². The summed E-state index contributed by atoms with van der Waals surface area (Å²) in [6.07, 6.45) is -1.16. The Hall–Kier alpha value is -2.15. The number of carbonyl (C=O) groups excluding carboxylic acids is 1. The number of piperidine rings is 1. The molecule has 1 aromatic heterocycles. The Morgan fingerprint density at radius 2 is 1.65 bits per heavy atom. The molecule has 2 aliphatic rings. The van der Waals surface area contributed by atoms with Gasteiger partial charge in [-0.2, -0.15) is 13.2 Å². The van der Waals surface area contributed by atoms with Crippen molar-refractivity contribution >= 4 is 15.9 Å². The lowest BCUT2D eigenvalue weighted by atomic mass is 9.94. The van der Waals surface area contributed by atoms with Crippen LogP contribution >= 0.6 is 0 Å². The van der Waals surface area contributed by atoms with Gasteiger partial charge in [-0.15, -0.1) is 0 Å². The van der Waals surface area contributed by atoms with Crippen molar-refractivity contribution in [2.24, 2.45) is 0 Å². The number of aromatic nitrogens is 2. The smallest absolute Gasteiger partial charge is 0.425 e. The Kier molecular flexibility index (Phi) is 8.61. The van der Waals surface area contributed by atoms with Crippen molar-refractivity contribution in [3.05, 3.63) is 12.4 Å². The molecule has 34 heavy (non-hydrogen) atoms. The Bertz CT molecular complexity index is 913. The van der Waals surface area contributed by atoms with E-state index in [4.69, 9.17) is 9.47 Å². The average Bonchev–Trinajstić information content (AvgIpc) is 2.80. The Morgan fingerprint density at radius 3 is 2.18 bits per heavy atom. The molecule has 0 aromatic carbocycles. The molecule has 1 aliphatic carbocycles. The minimum Gasteiger partial charge on any atom is -0.473 e. The summed E-state index contributed by atoms with van der Waals surface area (Å²) in [7, 11) is -3.41. The van der Waals surface area contributed by atoms with Gasteiger partial charge in [0.1, 0.15) is 6.10 Å². The Morgan fingerprint density at radius 1 is 1.06 bits per heavy atom. The lowest BCUT2D eigenvalue weighted by Crippen LogP contribution is -2.44. The number of nitrogens with zero attached hydrogens (tertiary/aromatic N) is 3. The van der Waals surface area contributed by atoms with Crippen LogP contribution in [-0.2, 0) is 19.3 Å². The summed E-state index contributed by atoms with van der Waals surface area (Å²) in [6.45, 7) is 2.93. The molecule has 192 valence electrons. The number of hydrogen-bond acceptors (Lipinski definition) is 8. The van der Waals surface area contributed by atoms with Crippen LogP contribution in [0.4, 0.5) is 18.0 Å². The van der Waals surface area contributed by atoms with Crippen LogP contribution in [-0.4, -0.2) is 78.8 Å². The Labute approximate surface area is 196 Å². The lowest BCUT2D eigenvalue weighted by molar-refractivity contribution is -0.200. The monoisotopic (exact) mass is 509 g/mol. The van der Waals surface area contributed by atoms with E-state index in [0.717, 1.165) is 32.6 Å². The van der Waals surface area contributed by atoms with Crippen LogP contribution in [0.15, 0.2) is 17.4 Å². The van der Waals surface area contributed by atoms with Gasteiger partial charge >= 0.3 is 12.3 Å². The van der Waals surface area contributed by atoms with E-state index < -0.39 is 28.2 Å². The fraction of sp³-hybridized carbons (Fsp3) is 0.762. The highest BCUT2D eigenvalue weighted by molar-refractivity contribution is 7.91. The molecule has 1 unspecified atom stereocenters. The number of likely N-dealkylation sites (tertiary alicyclic amines) is 1. The van der Waals surface area contributed by atoms with Crippen molar-refractivity contribution in [2.45, 2.75) is 88.0 Å². The molecule has 0 spiro atoms. The zero-order valence-corrected chi connectivity index (χ0v) is 20.0. The molecule has 1 saturated heterocycles. The first-order chi connectivity index (χ1) is 16.0. The van der Waals surface area contributed by atoms with E-state index in [9.17, 15) is 26.4 Å². The number of sulfone groups is 1. The number of amides is 1. The fourth-order valence-electron chi connectivity index (χ4n) is 3.87. The van der Waals surface area contributed by atoms with Crippen LogP contribution in [0.3, 0.4) is 0 Å². The second-order valence-electron chi connectivity index (χ2n) is 8.50. The molecule has 1 aromatic rings. The SMILES string of the molecule is CCS(=O)(=O)c1cnc(O[C@H]2CC[C@H](OC3CCN(C(=O)OC(C)C(F)(F)F)CC3)CC2)cn1. The van der Waals surface area contributed by atoms with Gasteiger partial charge in [0, 0.05) is 13.1 Å². The topological polar surface area (TPSA) is 108 Å². The van der Waals surface area contributed by atoms with Crippen molar-refractivity contribution in [2.75, 3.05) is 18.8 Å².